The molecule has 1 atom stereocenters. The maximum Gasteiger partial charge on any atom is 0.232 e. The van der Waals surface area contributed by atoms with Crippen LogP contribution in [0.4, 0.5) is 5.95 Å². The summed E-state index contributed by atoms with van der Waals surface area (Å²) in [4.78, 5) is 8.43. The molecule has 17 heavy (non-hydrogen) atoms. The number of anilines is 1. The predicted molar refractivity (Wildman–Crippen MR) is 68.3 cm³/mol. The van der Waals surface area contributed by atoms with Gasteiger partial charge in [0, 0.05) is 19.1 Å². The van der Waals surface area contributed by atoms with E-state index in [4.69, 9.17) is 9.47 Å². The number of ether oxygens (including phenoxy) is 2. The number of nitrogens with zero attached hydrogens (tertiary/aromatic N) is 2. The summed E-state index contributed by atoms with van der Waals surface area (Å²) in [7, 11) is 0. The fraction of sp³-hybridized carbons (Fsp3) is 0.636. The molecule has 0 aliphatic carbocycles. The minimum atomic E-state index is 0.472. The monoisotopic (exact) mass is 301 g/mol. The Hall–Kier alpha value is -0.880. The number of hydrogen-bond acceptors (Lipinski definition) is 5. The first-order valence-electron chi connectivity index (χ1n) is 5.76. The smallest absolute Gasteiger partial charge is 0.232 e. The summed E-state index contributed by atoms with van der Waals surface area (Å²) >= 11 is 3.38. The maximum atomic E-state index is 5.69. The van der Waals surface area contributed by atoms with Gasteiger partial charge < -0.3 is 14.8 Å². The van der Waals surface area contributed by atoms with Gasteiger partial charge >= 0.3 is 0 Å². The van der Waals surface area contributed by atoms with Gasteiger partial charge in [-0.05, 0) is 29.3 Å². The van der Waals surface area contributed by atoms with Crippen LogP contribution in [0.15, 0.2) is 10.7 Å². The van der Waals surface area contributed by atoms with Crippen molar-refractivity contribution in [2.45, 2.75) is 13.3 Å². The molecule has 0 bridgehead atoms. The molecule has 2 rings (SSSR count). The van der Waals surface area contributed by atoms with Crippen molar-refractivity contribution < 1.29 is 9.47 Å². The molecule has 0 radical (unpaired) electrons. The lowest BCUT2D eigenvalue weighted by Crippen LogP contribution is -2.13. The molecular formula is C11H16BrN3O2. The van der Waals surface area contributed by atoms with Gasteiger partial charge in [0.05, 0.1) is 23.9 Å². The van der Waals surface area contributed by atoms with Crippen molar-refractivity contribution in [3.05, 3.63) is 10.7 Å². The zero-order valence-corrected chi connectivity index (χ0v) is 11.4. The van der Waals surface area contributed by atoms with Crippen LogP contribution in [0.1, 0.15) is 13.3 Å². The molecule has 2 heterocycles. The average molecular weight is 302 g/mol. The largest absolute Gasteiger partial charge is 0.476 e. The van der Waals surface area contributed by atoms with Gasteiger partial charge in [-0.1, -0.05) is 0 Å². The molecular weight excluding hydrogens is 286 g/mol. The molecule has 1 aliphatic heterocycles. The van der Waals surface area contributed by atoms with Crippen LogP contribution >= 0.6 is 15.9 Å². The van der Waals surface area contributed by atoms with Crippen molar-refractivity contribution >= 4 is 21.9 Å². The second-order valence-corrected chi connectivity index (χ2v) is 4.77. The molecule has 1 fully saturated rings. The van der Waals surface area contributed by atoms with Gasteiger partial charge in [-0.25, -0.2) is 4.98 Å². The fourth-order valence-corrected chi connectivity index (χ4v) is 1.91. The number of halogens is 1. The number of aromatic nitrogens is 2. The molecule has 1 N–H and O–H groups in total. The van der Waals surface area contributed by atoms with Gasteiger partial charge in [0.1, 0.15) is 0 Å². The van der Waals surface area contributed by atoms with Crippen LogP contribution in [-0.4, -0.2) is 36.3 Å². The molecule has 1 aliphatic rings. The van der Waals surface area contributed by atoms with Crippen LogP contribution in [0.3, 0.4) is 0 Å². The highest BCUT2D eigenvalue weighted by Crippen LogP contribution is 2.24. The van der Waals surface area contributed by atoms with Crippen molar-refractivity contribution in [2.24, 2.45) is 5.92 Å². The predicted octanol–water partition coefficient (Wildman–Crippen LogP) is 2.09. The summed E-state index contributed by atoms with van der Waals surface area (Å²) in [5.74, 6) is 1.65. The summed E-state index contributed by atoms with van der Waals surface area (Å²) in [6.07, 6.45) is 2.76. The molecule has 1 aromatic heterocycles. The van der Waals surface area contributed by atoms with Crippen molar-refractivity contribution in [1.82, 2.24) is 9.97 Å². The Balaban J connectivity index is 1.95. The third kappa shape index (κ3) is 3.54. The van der Waals surface area contributed by atoms with E-state index >= 15 is 0 Å². The van der Waals surface area contributed by atoms with E-state index in [1.54, 1.807) is 6.20 Å². The second-order valence-electron chi connectivity index (χ2n) is 3.92. The van der Waals surface area contributed by atoms with Crippen LogP contribution in [0.2, 0.25) is 0 Å². The lowest BCUT2D eigenvalue weighted by atomic mass is 10.1. The van der Waals surface area contributed by atoms with Gasteiger partial charge in [0.25, 0.3) is 0 Å². The SMILES string of the molecule is CCNc1ncc(Br)c(OCC2CCOC2)n1. The Kier molecular flexibility index (Phi) is 4.56. The van der Waals surface area contributed by atoms with Crippen LogP contribution in [0, 0.1) is 5.92 Å². The number of hydrogen-bond donors (Lipinski definition) is 1. The molecule has 0 saturated carbocycles. The first-order valence-corrected chi connectivity index (χ1v) is 6.56. The zero-order chi connectivity index (χ0) is 12.1. The van der Waals surface area contributed by atoms with Crippen molar-refractivity contribution in [2.75, 3.05) is 31.7 Å². The standard InChI is InChI=1S/C11H16BrN3O2/c1-2-13-11-14-5-9(12)10(15-11)17-7-8-3-4-16-6-8/h5,8H,2-4,6-7H2,1H3,(H,13,14,15). The Morgan fingerprint density at radius 1 is 1.65 bits per heavy atom. The number of nitrogens with one attached hydrogen (secondary N) is 1. The van der Waals surface area contributed by atoms with Crippen molar-refractivity contribution in [1.29, 1.82) is 0 Å². The topological polar surface area (TPSA) is 56.3 Å². The van der Waals surface area contributed by atoms with E-state index in [2.05, 4.69) is 31.2 Å². The van der Waals surface area contributed by atoms with E-state index in [0.717, 1.165) is 30.7 Å². The third-order valence-corrected chi connectivity index (χ3v) is 3.07. The van der Waals surface area contributed by atoms with Gasteiger partial charge in [-0.3, -0.25) is 0 Å². The molecule has 0 spiro atoms. The van der Waals surface area contributed by atoms with Gasteiger partial charge in [0.2, 0.25) is 11.8 Å². The van der Waals surface area contributed by atoms with Crippen LogP contribution in [0.25, 0.3) is 0 Å². The quantitative estimate of drug-likeness (QED) is 0.902. The fourth-order valence-electron chi connectivity index (χ4n) is 1.61. The lowest BCUT2D eigenvalue weighted by Gasteiger charge is -2.11. The van der Waals surface area contributed by atoms with E-state index in [1.165, 1.54) is 0 Å². The van der Waals surface area contributed by atoms with Gasteiger partial charge in [0.15, 0.2) is 0 Å². The minimum absolute atomic E-state index is 0.472. The Labute approximate surface area is 109 Å². The maximum absolute atomic E-state index is 5.69. The van der Waals surface area contributed by atoms with E-state index in [1.807, 2.05) is 6.92 Å². The Morgan fingerprint density at radius 3 is 3.24 bits per heavy atom. The summed E-state index contributed by atoms with van der Waals surface area (Å²) in [5.41, 5.74) is 0. The molecule has 1 aromatic rings. The van der Waals surface area contributed by atoms with Crippen LogP contribution in [-0.2, 0) is 4.74 Å². The number of rotatable bonds is 5. The Bertz CT molecular complexity index is 370. The third-order valence-electron chi connectivity index (χ3n) is 2.53. The van der Waals surface area contributed by atoms with Gasteiger partial charge in [-0.15, -0.1) is 0 Å². The molecule has 0 aromatic carbocycles. The Morgan fingerprint density at radius 2 is 2.53 bits per heavy atom. The summed E-state index contributed by atoms with van der Waals surface area (Å²) in [5, 5.41) is 3.06. The van der Waals surface area contributed by atoms with E-state index in [0.29, 0.717) is 24.4 Å². The first-order chi connectivity index (χ1) is 8.29. The summed E-state index contributed by atoms with van der Waals surface area (Å²) in [6.45, 7) is 5.05. The molecule has 1 saturated heterocycles. The highest BCUT2D eigenvalue weighted by molar-refractivity contribution is 9.10. The van der Waals surface area contributed by atoms with E-state index in [-0.39, 0.29) is 0 Å². The van der Waals surface area contributed by atoms with E-state index in [9.17, 15) is 0 Å². The van der Waals surface area contributed by atoms with Crippen molar-refractivity contribution in [3.63, 3.8) is 0 Å². The highest BCUT2D eigenvalue weighted by Gasteiger charge is 2.17. The molecule has 94 valence electrons. The first kappa shape index (κ1) is 12.6. The summed E-state index contributed by atoms with van der Waals surface area (Å²) in [6, 6.07) is 0. The molecule has 5 nitrogen and oxygen atoms in total. The average Bonchev–Trinajstić information content (AvgIpc) is 2.83. The molecule has 6 heteroatoms. The van der Waals surface area contributed by atoms with Gasteiger partial charge in [-0.2, -0.15) is 4.98 Å². The van der Waals surface area contributed by atoms with E-state index < -0.39 is 0 Å². The minimum Gasteiger partial charge on any atom is -0.476 e. The van der Waals surface area contributed by atoms with Crippen molar-refractivity contribution in [3.8, 4) is 5.88 Å². The second kappa shape index (κ2) is 6.16. The normalized spacial score (nSPS) is 19.3. The molecule has 0 amide bonds. The lowest BCUT2D eigenvalue weighted by molar-refractivity contribution is 0.165. The summed E-state index contributed by atoms with van der Waals surface area (Å²) < 4.78 is 11.8. The molecule has 1 unspecified atom stereocenters. The zero-order valence-electron chi connectivity index (χ0n) is 9.78. The highest BCUT2D eigenvalue weighted by atomic mass is 79.9. The van der Waals surface area contributed by atoms with Crippen LogP contribution in [0.5, 0.6) is 5.88 Å². The van der Waals surface area contributed by atoms with Crippen LogP contribution < -0.4 is 10.1 Å².